The van der Waals surface area contributed by atoms with Crippen LogP contribution >= 0.6 is 0 Å². The van der Waals surface area contributed by atoms with Gasteiger partial charge >= 0.3 is 5.82 Å². The summed E-state index contributed by atoms with van der Waals surface area (Å²) in [6.07, 6.45) is 7.12. The minimum Gasteiger partial charge on any atom is -0.494 e. The summed E-state index contributed by atoms with van der Waals surface area (Å²) in [7, 11) is 0. The first-order chi connectivity index (χ1) is 15.1. The lowest BCUT2D eigenvalue weighted by Crippen LogP contribution is -2.29. The second-order valence-corrected chi connectivity index (χ2v) is 7.83. The van der Waals surface area contributed by atoms with Crippen LogP contribution in [0.4, 0.5) is 5.82 Å². The Labute approximate surface area is 182 Å². The molecule has 1 fully saturated rings. The smallest absolute Gasteiger partial charge is 0.389 e. The van der Waals surface area contributed by atoms with Gasteiger partial charge in [0, 0.05) is 19.5 Å². The molecule has 0 atom stereocenters. The normalized spacial score (nSPS) is 14.3. The van der Waals surface area contributed by atoms with E-state index in [2.05, 4.69) is 27.4 Å². The predicted octanol–water partition coefficient (Wildman–Crippen LogP) is 3.14. The largest absolute Gasteiger partial charge is 0.494 e. The Bertz CT molecular complexity index is 848. The second-order valence-electron chi connectivity index (χ2n) is 7.83. The van der Waals surface area contributed by atoms with Crippen LogP contribution in [0.15, 0.2) is 36.5 Å². The Hall–Kier alpha value is -2.94. The van der Waals surface area contributed by atoms with Gasteiger partial charge in [-0.15, -0.1) is 0 Å². The molecule has 2 heterocycles. The number of likely N-dealkylation sites (tertiary alicyclic amines) is 1. The molecular formula is C22H31N5O4. The molecule has 1 N–H and O–H groups in total. The Morgan fingerprint density at radius 3 is 2.81 bits per heavy atom. The van der Waals surface area contributed by atoms with Gasteiger partial charge < -0.3 is 20.2 Å². The minimum absolute atomic E-state index is 0.0369. The molecule has 0 radical (unpaired) electrons. The Morgan fingerprint density at radius 2 is 2.03 bits per heavy atom. The zero-order valence-corrected chi connectivity index (χ0v) is 17.9. The Balaban J connectivity index is 1.26. The van der Waals surface area contributed by atoms with E-state index in [9.17, 15) is 14.9 Å². The van der Waals surface area contributed by atoms with Crippen LogP contribution in [0.25, 0.3) is 0 Å². The van der Waals surface area contributed by atoms with Crippen molar-refractivity contribution in [2.45, 2.75) is 51.6 Å². The third-order valence-electron chi connectivity index (χ3n) is 5.27. The van der Waals surface area contributed by atoms with Crippen molar-refractivity contribution >= 4 is 11.7 Å². The number of carbonyl (C=O) groups excluding carboxylic acids is 1. The molecule has 1 saturated heterocycles. The van der Waals surface area contributed by atoms with E-state index in [1.807, 2.05) is 12.1 Å². The van der Waals surface area contributed by atoms with E-state index in [1.54, 1.807) is 6.20 Å². The topological polar surface area (TPSA) is 103 Å². The lowest BCUT2D eigenvalue weighted by atomic mass is 10.1. The standard InChI is InChI=1S/C22H31N5O4/c28-22(9-5-14-26-15-10-21(24-26)27(29)30)23-11-6-16-31-20-8-4-7-19(17-20)18-25-12-2-1-3-13-25/h4,7-8,10,15,17H,1-3,5-6,9,11-14,16,18H2,(H,23,28). The molecule has 0 aliphatic carbocycles. The van der Waals surface area contributed by atoms with E-state index in [0.717, 1.165) is 18.7 Å². The minimum atomic E-state index is -0.532. The van der Waals surface area contributed by atoms with E-state index >= 15 is 0 Å². The Morgan fingerprint density at radius 1 is 1.19 bits per heavy atom. The highest BCUT2D eigenvalue weighted by Gasteiger charge is 2.12. The highest BCUT2D eigenvalue weighted by Crippen LogP contribution is 2.17. The number of carbonyl (C=O) groups is 1. The highest BCUT2D eigenvalue weighted by molar-refractivity contribution is 5.75. The zero-order chi connectivity index (χ0) is 21.9. The summed E-state index contributed by atoms with van der Waals surface area (Å²) in [4.78, 5) is 24.5. The van der Waals surface area contributed by atoms with Gasteiger partial charge in [0.05, 0.1) is 30.5 Å². The van der Waals surface area contributed by atoms with Crippen LogP contribution in [0.3, 0.4) is 0 Å². The monoisotopic (exact) mass is 429 g/mol. The quantitative estimate of drug-likeness (QED) is 0.316. The molecule has 1 amide bonds. The summed E-state index contributed by atoms with van der Waals surface area (Å²) in [6, 6.07) is 9.60. The van der Waals surface area contributed by atoms with Gasteiger partial charge in [0.1, 0.15) is 5.75 Å². The number of benzene rings is 1. The van der Waals surface area contributed by atoms with Gasteiger partial charge in [0.2, 0.25) is 5.91 Å². The van der Waals surface area contributed by atoms with Gasteiger partial charge in [0.15, 0.2) is 0 Å². The maximum atomic E-state index is 11.9. The molecule has 9 heteroatoms. The fraction of sp³-hybridized carbons (Fsp3) is 0.545. The summed E-state index contributed by atoms with van der Waals surface area (Å²) < 4.78 is 7.33. The van der Waals surface area contributed by atoms with E-state index < -0.39 is 4.92 Å². The van der Waals surface area contributed by atoms with Gasteiger partial charge in [-0.05, 0) is 61.4 Å². The number of rotatable bonds is 12. The summed E-state index contributed by atoms with van der Waals surface area (Å²) in [5, 5.41) is 17.3. The first kappa shape index (κ1) is 22.7. The number of nitro groups is 1. The number of nitrogens with one attached hydrogen (secondary N) is 1. The fourth-order valence-corrected chi connectivity index (χ4v) is 3.66. The predicted molar refractivity (Wildman–Crippen MR) is 117 cm³/mol. The zero-order valence-electron chi connectivity index (χ0n) is 17.9. The number of hydrogen-bond acceptors (Lipinski definition) is 6. The summed E-state index contributed by atoms with van der Waals surface area (Å²) in [5.74, 6) is 0.654. The third kappa shape index (κ3) is 8.01. The molecule has 0 saturated carbocycles. The molecule has 1 aliphatic heterocycles. The van der Waals surface area contributed by atoms with Crippen molar-refractivity contribution in [3.05, 3.63) is 52.2 Å². The summed E-state index contributed by atoms with van der Waals surface area (Å²) in [6.45, 7) is 4.89. The molecule has 0 unspecified atom stereocenters. The number of ether oxygens (including phenoxy) is 1. The van der Waals surface area contributed by atoms with Crippen LogP contribution in [0, 0.1) is 10.1 Å². The number of hydrogen-bond donors (Lipinski definition) is 1. The van der Waals surface area contributed by atoms with Crippen molar-refractivity contribution in [1.82, 2.24) is 20.0 Å². The highest BCUT2D eigenvalue weighted by atomic mass is 16.6. The summed E-state index contributed by atoms with van der Waals surface area (Å²) >= 11 is 0. The molecule has 1 aromatic heterocycles. The van der Waals surface area contributed by atoms with Crippen molar-refractivity contribution in [2.75, 3.05) is 26.2 Å². The molecule has 0 spiro atoms. The van der Waals surface area contributed by atoms with Crippen LogP contribution < -0.4 is 10.1 Å². The molecule has 31 heavy (non-hydrogen) atoms. The van der Waals surface area contributed by atoms with Gasteiger partial charge in [-0.1, -0.05) is 18.6 Å². The molecule has 3 rings (SSSR count). The first-order valence-corrected chi connectivity index (χ1v) is 11.0. The fourth-order valence-electron chi connectivity index (χ4n) is 3.66. The van der Waals surface area contributed by atoms with E-state index in [1.165, 1.54) is 48.7 Å². The van der Waals surface area contributed by atoms with Crippen LogP contribution in [0.2, 0.25) is 0 Å². The number of amides is 1. The van der Waals surface area contributed by atoms with Crippen LogP contribution in [-0.2, 0) is 17.9 Å². The second kappa shape index (κ2) is 12.0. The summed E-state index contributed by atoms with van der Waals surface area (Å²) in [5.41, 5.74) is 1.27. The van der Waals surface area contributed by atoms with Crippen LogP contribution in [0.1, 0.15) is 44.1 Å². The van der Waals surface area contributed by atoms with Crippen molar-refractivity contribution in [3.63, 3.8) is 0 Å². The van der Waals surface area contributed by atoms with Crippen molar-refractivity contribution in [1.29, 1.82) is 0 Å². The first-order valence-electron chi connectivity index (χ1n) is 11.0. The maximum absolute atomic E-state index is 11.9. The number of aromatic nitrogens is 2. The van der Waals surface area contributed by atoms with Crippen LogP contribution in [-0.4, -0.2) is 51.8 Å². The number of aryl methyl sites for hydroxylation is 1. The molecule has 1 aliphatic rings. The van der Waals surface area contributed by atoms with E-state index in [4.69, 9.17) is 4.74 Å². The number of piperidine rings is 1. The van der Waals surface area contributed by atoms with Crippen LogP contribution in [0.5, 0.6) is 5.75 Å². The van der Waals surface area contributed by atoms with Crippen molar-refractivity contribution < 1.29 is 14.5 Å². The SMILES string of the molecule is O=C(CCCn1ccc([N+](=O)[O-])n1)NCCCOc1cccc(CN2CCCCC2)c1. The molecule has 1 aromatic carbocycles. The van der Waals surface area contributed by atoms with Gasteiger partial charge in [-0.25, -0.2) is 0 Å². The van der Waals surface area contributed by atoms with E-state index in [-0.39, 0.29) is 11.7 Å². The molecule has 2 aromatic rings. The van der Waals surface area contributed by atoms with E-state index in [0.29, 0.717) is 32.5 Å². The average Bonchev–Trinajstić information content (AvgIpc) is 3.24. The van der Waals surface area contributed by atoms with Gasteiger partial charge in [0.25, 0.3) is 0 Å². The third-order valence-corrected chi connectivity index (χ3v) is 5.27. The number of nitrogens with zero attached hydrogens (tertiary/aromatic N) is 4. The van der Waals surface area contributed by atoms with Gasteiger partial charge in [-0.3, -0.25) is 9.69 Å². The molecule has 0 bridgehead atoms. The Kier molecular flexibility index (Phi) is 8.84. The van der Waals surface area contributed by atoms with Crippen molar-refractivity contribution in [2.24, 2.45) is 0 Å². The van der Waals surface area contributed by atoms with Crippen molar-refractivity contribution in [3.8, 4) is 5.75 Å². The maximum Gasteiger partial charge on any atom is 0.389 e. The lowest BCUT2D eigenvalue weighted by Gasteiger charge is -2.26. The molecule has 9 nitrogen and oxygen atoms in total. The molecule has 168 valence electrons. The lowest BCUT2D eigenvalue weighted by molar-refractivity contribution is -0.389. The average molecular weight is 430 g/mol. The molecular weight excluding hydrogens is 398 g/mol. The van der Waals surface area contributed by atoms with Gasteiger partial charge in [-0.2, -0.15) is 4.68 Å².